The van der Waals surface area contributed by atoms with Crippen molar-refractivity contribution in [2.45, 2.75) is 0 Å². The topological polar surface area (TPSA) is 16.4 Å². The van der Waals surface area contributed by atoms with E-state index in [1.54, 1.807) is 0 Å². The lowest BCUT2D eigenvalue weighted by Gasteiger charge is -2.26. The molecule has 0 aliphatic carbocycles. The zero-order valence-corrected chi connectivity index (χ0v) is 29.6. The first-order chi connectivity index (χ1) is 26.8. The lowest BCUT2D eigenvalue weighted by Crippen LogP contribution is -2.10. The summed E-state index contributed by atoms with van der Waals surface area (Å²) in [4.78, 5) is 2.33. The molecule has 54 heavy (non-hydrogen) atoms. The first-order valence-corrected chi connectivity index (χ1v) is 18.4. The van der Waals surface area contributed by atoms with Gasteiger partial charge in [-0.1, -0.05) is 164 Å². The van der Waals surface area contributed by atoms with Gasteiger partial charge in [-0.2, -0.15) is 0 Å². The van der Waals surface area contributed by atoms with Gasteiger partial charge >= 0.3 is 0 Å². The molecule has 0 aliphatic heterocycles. The van der Waals surface area contributed by atoms with Crippen molar-refractivity contribution in [1.29, 1.82) is 0 Å². The first kappa shape index (κ1) is 31.6. The molecule has 254 valence electrons. The standard InChI is InChI=1S/C52H35NO/c1-4-13-36(14-5-1)38-23-25-39(26-24-38)40-27-29-43(30-28-40)53(44-20-12-19-42(33-44)37-15-6-2-7-16-37)45-31-32-47-50-35-49(41-17-8-3-9-18-41)46-21-10-11-22-48(46)52(50)54-51(47)34-45/h1-35H. The molecule has 0 radical (unpaired) electrons. The maximum atomic E-state index is 6.80. The number of hydrogen-bond acceptors (Lipinski definition) is 2. The van der Waals surface area contributed by atoms with Gasteiger partial charge in [0, 0.05) is 39.3 Å². The van der Waals surface area contributed by atoms with Gasteiger partial charge in [0.15, 0.2) is 0 Å². The predicted molar refractivity (Wildman–Crippen MR) is 228 cm³/mol. The fourth-order valence-corrected chi connectivity index (χ4v) is 7.77. The van der Waals surface area contributed by atoms with Gasteiger partial charge in [-0.05, 0) is 92.4 Å². The Morgan fingerprint density at radius 3 is 1.41 bits per heavy atom. The van der Waals surface area contributed by atoms with Crippen molar-refractivity contribution in [2.24, 2.45) is 0 Å². The number of nitrogens with zero attached hydrogens (tertiary/aromatic N) is 1. The van der Waals surface area contributed by atoms with Gasteiger partial charge in [0.1, 0.15) is 11.2 Å². The average Bonchev–Trinajstić information content (AvgIpc) is 3.63. The number of hydrogen-bond donors (Lipinski definition) is 0. The van der Waals surface area contributed by atoms with Gasteiger partial charge < -0.3 is 9.32 Å². The van der Waals surface area contributed by atoms with Crippen LogP contribution in [-0.4, -0.2) is 0 Å². The smallest absolute Gasteiger partial charge is 0.143 e. The molecule has 10 rings (SSSR count). The van der Waals surface area contributed by atoms with Crippen LogP contribution in [0.1, 0.15) is 0 Å². The van der Waals surface area contributed by atoms with E-state index in [1.807, 2.05) is 0 Å². The van der Waals surface area contributed by atoms with Crippen LogP contribution < -0.4 is 4.90 Å². The summed E-state index contributed by atoms with van der Waals surface area (Å²) in [6, 6.07) is 75.7. The van der Waals surface area contributed by atoms with Gasteiger partial charge in [0.25, 0.3) is 0 Å². The van der Waals surface area contributed by atoms with Crippen LogP contribution in [0.25, 0.3) is 77.2 Å². The molecule has 0 unspecified atom stereocenters. The molecule has 0 aliphatic rings. The molecule has 0 bridgehead atoms. The summed E-state index contributed by atoms with van der Waals surface area (Å²) >= 11 is 0. The number of fused-ring (bicyclic) bond motifs is 5. The van der Waals surface area contributed by atoms with Crippen LogP contribution >= 0.6 is 0 Å². The zero-order chi connectivity index (χ0) is 35.8. The Balaban J connectivity index is 1.09. The van der Waals surface area contributed by atoms with E-state index in [0.717, 1.165) is 50.0 Å². The number of furan rings is 1. The van der Waals surface area contributed by atoms with E-state index in [1.165, 1.54) is 44.3 Å². The third-order valence-corrected chi connectivity index (χ3v) is 10.5. The normalized spacial score (nSPS) is 11.3. The SMILES string of the molecule is c1ccc(-c2ccc(-c3ccc(N(c4cccc(-c5ccccc5)c4)c4ccc5c(c4)oc4c6ccccc6c(-c6ccccc6)cc54)cc3)cc2)cc1. The molecule has 1 heterocycles. The largest absolute Gasteiger partial charge is 0.455 e. The third-order valence-electron chi connectivity index (χ3n) is 10.5. The molecule has 10 aromatic rings. The second-order valence-corrected chi connectivity index (χ2v) is 13.7. The van der Waals surface area contributed by atoms with Gasteiger partial charge in [0.05, 0.1) is 0 Å². The first-order valence-electron chi connectivity index (χ1n) is 18.4. The van der Waals surface area contributed by atoms with E-state index in [-0.39, 0.29) is 0 Å². The van der Waals surface area contributed by atoms with E-state index in [9.17, 15) is 0 Å². The van der Waals surface area contributed by atoms with E-state index in [2.05, 4.69) is 217 Å². The highest BCUT2D eigenvalue weighted by molar-refractivity contribution is 6.19. The fraction of sp³-hybridized carbons (Fsp3) is 0. The Kier molecular flexibility index (Phi) is 7.85. The van der Waals surface area contributed by atoms with Crippen LogP contribution in [0.4, 0.5) is 17.1 Å². The van der Waals surface area contributed by atoms with Crippen molar-refractivity contribution in [3.05, 3.63) is 212 Å². The summed E-state index contributed by atoms with van der Waals surface area (Å²) in [6.45, 7) is 0. The molecule has 0 spiro atoms. The molecule has 0 atom stereocenters. The van der Waals surface area contributed by atoms with Crippen LogP contribution in [0.5, 0.6) is 0 Å². The van der Waals surface area contributed by atoms with Crippen LogP contribution in [0.3, 0.4) is 0 Å². The van der Waals surface area contributed by atoms with Crippen molar-refractivity contribution in [2.75, 3.05) is 4.90 Å². The van der Waals surface area contributed by atoms with Crippen LogP contribution in [0.15, 0.2) is 217 Å². The lowest BCUT2D eigenvalue weighted by atomic mass is 9.95. The highest BCUT2D eigenvalue weighted by Gasteiger charge is 2.19. The van der Waals surface area contributed by atoms with Crippen molar-refractivity contribution < 1.29 is 4.42 Å². The fourth-order valence-electron chi connectivity index (χ4n) is 7.77. The van der Waals surface area contributed by atoms with Crippen LogP contribution in [-0.2, 0) is 0 Å². The van der Waals surface area contributed by atoms with Gasteiger partial charge in [-0.15, -0.1) is 0 Å². The minimum Gasteiger partial charge on any atom is -0.455 e. The van der Waals surface area contributed by atoms with Crippen molar-refractivity contribution in [3.63, 3.8) is 0 Å². The maximum absolute atomic E-state index is 6.80. The highest BCUT2D eigenvalue weighted by Crippen LogP contribution is 2.43. The summed E-state index contributed by atoms with van der Waals surface area (Å²) in [5, 5.41) is 4.52. The second-order valence-electron chi connectivity index (χ2n) is 13.7. The molecule has 9 aromatic carbocycles. The summed E-state index contributed by atoms with van der Waals surface area (Å²) < 4.78 is 6.80. The lowest BCUT2D eigenvalue weighted by molar-refractivity contribution is 0.673. The summed E-state index contributed by atoms with van der Waals surface area (Å²) in [7, 11) is 0. The van der Waals surface area contributed by atoms with Crippen molar-refractivity contribution in [1.82, 2.24) is 0 Å². The zero-order valence-electron chi connectivity index (χ0n) is 29.6. The minimum atomic E-state index is 0.859. The molecule has 0 saturated carbocycles. The molecule has 0 fully saturated rings. The molecular formula is C52H35NO. The van der Waals surface area contributed by atoms with Gasteiger partial charge in [-0.25, -0.2) is 0 Å². The molecule has 0 amide bonds. The number of benzene rings is 9. The molecule has 0 saturated heterocycles. The van der Waals surface area contributed by atoms with E-state index in [0.29, 0.717) is 0 Å². The molecular weight excluding hydrogens is 655 g/mol. The average molecular weight is 690 g/mol. The Labute approximate surface area is 314 Å². The molecule has 1 aromatic heterocycles. The van der Waals surface area contributed by atoms with E-state index < -0.39 is 0 Å². The molecule has 2 nitrogen and oxygen atoms in total. The quantitative estimate of drug-likeness (QED) is 0.166. The van der Waals surface area contributed by atoms with E-state index >= 15 is 0 Å². The predicted octanol–water partition coefficient (Wildman–Crippen LogP) is 14.9. The summed E-state index contributed by atoms with van der Waals surface area (Å²) in [6.07, 6.45) is 0. The number of rotatable bonds is 7. The second kappa shape index (κ2) is 13.4. The molecule has 0 N–H and O–H groups in total. The van der Waals surface area contributed by atoms with Crippen molar-refractivity contribution in [3.8, 4) is 44.5 Å². The Morgan fingerprint density at radius 1 is 0.278 bits per heavy atom. The summed E-state index contributed by atoms with van der Waals surface area (Å²) in [5.41, 5.74) is 14.5. The van der Waals surface area contributed by atoms with Gasteiger partial charge in [0.2, 0.25) is 0 Å². The monoisotopic (exact) mass is 689 g/mol. The van der Waals surface area contributed by atoms with Crippen molar-refractivity contribution >= 4 is 49.8 Å². The Bertz CT molecular complexity index is 2890. The van der Waals surface area contributed by atoms with E-state index in [4.69, 9.17) is 4.42 Å². The molecule has 2 heteroatoms. The number of anilines is 3. The Hall–Kier alpha value is -7.16. The van der Waals surface area contributed by atoms with Crippen LogP contribution in [0, 0.1) is 0 Å². The third kappa shape index (κ3) is 5.71. The maximum Gasteiger partial charge on any atom is 0.143 e. The Morgan fingerprint density at radius 2 is 0.759 bits per heavy atom. The summed E-state index contributed by atoms with van der Waals surface area (Å²) in [5.74, 6) is 0. The minimum absolute atomic E-state index is 0.859. The van der Waals surface area contributed by atoms with Crippen LogP contribution in [0.2, 0.25) is 0 Å². The van der Waals surface area contributed by atoms with Gasteiger partial charge in [-0.3, -0.25) is 0 Å². The highest BCUT2D eigenvalue weighted by atomic mass is 16.3.